The molecule has 0 aromatic carbocycles. The summed E-state index contributed by atoms with van der Waals surface area (Å²) in [6, 6.07) is 1.92. The summed E-state index contributed by atoms with van der Waals surface area (Å²) in [5.74, 6) is -0.218. The van der Waals surface area contributed by atoms with E-state index in [1.54, 1.807) is 12.4 Å². The Morgan fingerprint density at radius 1 is 1.44 bits per heavy atom. The van der Waals surface area contributed by atoms with Crippen molar-refractivity contribution in [3.63, 3.8) is 0 Å². The number of carbonyl (C=O) groups is 1. The number of aromatic nitrogens is 1. The molecule has 0 unspecified atom stereocenters. The number of rotatable bonds is 0. The lowest BCUT2D eigenvalue weighted by atomic mass is 9.85. The quantitative estimate of drug-likeness (QED) is 0.414. The molecule has 1 aromatic heterocycles. The molecule has 0 amide bonds. The zero-order valence-electron chi connectivity index (χ0n) is 8.65. The molecular formula is C11H11IN2O2. The standard InChI is InChI=1S/C11H11IN2O2/c12-14-5-2-11(3-6-14)9-1-4-13-7-8(9)10(15)16-11/h1,4,7H,2-3,5-6H2. The summed E-state index contributed by atoms with van der Waals surface area (Å²) in [5, 5.41) is 0. The van der Waals surface area contributed by atoms with Crippen LogP contribution in [-0.2, 0) is 10.3 Å². The van der Waals surface area contributed by atoms with Crippen molar-refractivity contribution in [2.75, 3.05) is 13.1 Å². The lowest BCUT2D eigenvalue weighted by Crippen LogP contribution is -2.38. The number of hydrogen-bond donors (Lipinski definition) is 0. The molecule has 0 bridgehead atoms. The predicted octanol–water partition coefficient (Wildman–Crippen LogP) is 1.89. The van der Waals surface area contributed by atoms with Crippen LogP contribution in [0, 0.1) is 0 Å². The van der Waals surface area contributed by atoms with Gasteiger partial charge in [-0.15, -0.1) is 0 Å². The van der Waals surface area contributed by atoms with E-state index in [1.165, 1.54) is 0 Å². The summed E-state index contributed by atoms with van der Waals surface area (Å²) in [4.78, 5) is 15.7. The second-order valence-corrected chi connectivity index (χ2v) is 5.58. The highest BCUT2D eigenvalue weighted by atomic mass is 127. The molecule has 5 heteroatoms. The lowest BCUT2D eigenvalue weighted by molar-refractivity contribution is -0.0304. The second kappa shape index (κ2) is 3.66. The summed E-state index contributed by atoms with van der Waals surface area (Å²) in [7, 11) is 0. The highest BCUT2D eigenvalue weighted by molar-refractivity contribution is 14.1. The second-order valence-electron chi connectivity index (χ2n) is 4.21. The van der Waals surface area contributed by atoms with Gasteiger partial charge in [-0.3, -0.25) is 4.98 Å². The summed E-state index contributed by atoms with van der Waals surface area (Å²) < 4.78 is 7.83. The van der Waals surface area contributed by atoms with Crippen LogP contribution in [0.5, 0.6) is 0 Å². The van der Waals surface area contributed by atoms with E-state index in [1.807, 2.05) is 6.07 Å². The molecule has 4 nitrogen and oxygen atoms in total. The average molecular weight is 330 g/mol. The number of halogens is 1. The molecule has 2 aliphatic heterocycles. The molecule has 0 radical (unpaired) electrons. The highest BCUT2D eigenvalue weighted by Crippen LogP contribution is 2.43. The van der Waals surface area contributed by atoms with Gasteiger partial charge in [-0.05, 0) is 6.07 Å². The van der Waals surface area contributed by atoms with Crippen LogP contribution in [-0.4, -0.2) is 27.2 Å². The largest absolute Gasteiger partial charge is 0.450 e. The minimum atomic E-state index is -0.378. The normalized spacial score (nSPS) is 23.2. The molecule has 0 N–H and O–H groups in total. The van der Waals surface area contributed by atoms with Crippen molar-refractivity contribution in [3.8, 4) is 0 Å². The van der Waals surface area contributed by atoms with Crippen molar-refractivity contribution >= 4 is 28.8 Å². The Kier molecular flexibility index (Phi) is 2.39. The number of fused-ring (bicyclic) bond motifs is 2. The van der Waals surface area contributed by atoms with Crippen LogP contribution in [0.1, 0.15) is 28.8 Å². The molecular weight excluding hydrogens is 319 g/mol. The van der Waals surface area contributed by atoms with Crippen LogP contribution in [0.4, 0.5) is 0 Å². The molecule has 16 heavy (non-hydrogen) atoms. The van der Waals surface area contributed by atoms with E-state index in [2.05, 4.69) is 31.0 Å². The van der Waals surface area contributed by atoms with Gasteiger partial charge in [0.1, 0.15) is 5.60 Å². The first kappa shape index (κ1) is 10.5. The molecule has 84 valence electrons. The Morgan fingerprint density at radius 2 is 2.19 bits per heavy atom. The fourth-order valence-corrected chi connectivity index (χ4v) is 2.94. The first-order chi connectivity index (χ1) is 7.71. The van der Waals surface area contributed by atoms with Crippen LogP contribution in [0.15, 0.2) is 18.5 Å². The Hall–Kier alpha value is -0.690. The number of piperidine rings is 1. The molecule has 0 saturated carbocycles. The van der Waals surface area contributed by atoms with Crippen LogP contribution in [0.2, 0.25) is 0 Å². The number of ether oxygens (including phenoxy) is 1. The van der Waals surface area contributed by atoms with E-state index < -0.39 is 0 Å². The number of esters is 1. The highest BCUT2D eigenvalue weighted by Gasteiger charge is 2.47. The average Bonchev–Trinajstić information content (AvgIpc) is 2.58. The molecule has 0 aliphatic carbocycles. The minimum absolute atomic E-state index is 0.218. The Bertz CT molecular complexity index is 441. The number of pyridine rings is 1. The van der Waals surface area contributed by atoms with Crippen LogP contribution < -0.4 is 0 Å². The van der Waals surface area contributed by atoms with Crippen molar-refractivity contribution in [2.24, 2.45) is 0 Å². The lowest BCUT2D eigenvalue weighted by Gasteiger charge is -2.35. The first-order valence-corrected chi connectivity index (χ1v) is 6.26. The Labute approximate surface area is 107 Å². The van der Waals surface area contributed by atoms with E-state index in [-0.39, 0.29) is 11.6 Å². The van der Waals surface area contributed by atoms with E-state index in [0.717, 1.165) is 31.5 Å². The molecule has 3 rings (SSSR count). The van der Waals surface area contributed by atoms with E-state index in [9.17, 15) is 4.79 Å². The molecule has 1 spiro atoms. The van der Waals surface area contributed by atoms with Crippen LogP contribution in [0.3, 0.4) is 0 Å². The molecule has 1 fully saturated rings. The maximum Gasteiger partial charge on any atom is 0.341 e. The van der Waals surface area contributed by atoms with Gasteiger partial charge in [0.15, 0.2) is 0 Å². The van der Waals surface area contributed by atoms with Gasteiger partial charge in [-0.1, -0.05) is 0 Å². The van der Waals surface area contributed by atoms with E-state index in [0.29, 0.717) is 5.56 Å². The van der Waals surface area contributed by atoms with Gasteiger partial charge in [0.05, 0.1) is 5.56 Å². The summed E-state index contributed by atoms with van der Waals surface area (Å²) >= 11 is 2.31. The van der Waals surface area contributed by atoms with Gasteiger partial charge in [-0.25, -0.2) is 7.91 Å². The SMILES string of the molecule is O=C1OC2(CCN(I)CC2)c2ccncc21. The van der Waals surface area contributed by atoms with Gasteiger partial charge in [0.25, 0.3) is 0 Å². The maximum absolute atomic E-state index is 11.7. The minimum Gasteiger partial charge on any atom is -0.450 e. The van der Waals surface area contributed by atoms with Gasteiger partial charge >= 0.3 is 5.97 Å². The molecule has 3 heterocycles. The molecule has 2 aliphatic rings. The first-order valence-electron chi connectivity index (χ1n) is 5.30. The number of hydrogen-bond acceptors (Lipinski definition) is 4. The van der Waals surface area contributed by atoms with Crippen molar-refractivity contribution in [3.05, 3.63) is 29.6 Å². The summed E-state index contributed by atoms with van der Waals surface area (Å²) in [6.07, 6.45) is 5.10. The topological polar surface area (TPSA) is 42.4 Å². The van der Waals surface area contributed by atoms with Gasteiger partial charge in [0.2, 0.25) is 0 Å². The molecule has 1 aromatic rings. The van der Waals surface area contributed by atoms with Crippen LogP contribution in [0.25, 0.3) is 0 Å². The Morgan fingerprint density at radius 3 is 2.94 bits per heavy atom. The number of carbonyl (C=O) groups excluding carboxylic acids is 1. The van der Waals surface area contributed by atoms with Gasteiger partial charge in [0, 0.05) is 66.8 Å². The third-order valence-electron chi connectivity index (χ3n) is 3.34. The molecule has 1 saturated heterocycles. The Balaban J connectivity index is 2.02. The molecule has 0 atom stereocenters. The number of nitrogens with zero attached hydrogens (tertiary/aromatic N) is 2. The third-order valence-corrected chi connectivity index (χ3v) is 4.30. The predicted molar refractivity (Wildman–Crippen MR) is 66.2 cm³/mol. The van der Waals surface area contributed by atoms with Crippen molar-refractivity contribution in [2.45, 2.75) is 18.4 Å². The van der Waals surface area contributed by atoms with Gasteiger partial charge in [-0.2, -0.15) is 0 Å². The van der Waals surface area contributed by atoms with E-state index in [4.69, 9.17) is 4.74 Å². The van der Waals surface area contributed by atoms with Crippen molar-refractivity contribution in [1.29, 1.82) is 0 Å². The summed E-state index contributed by atoms with van der Waals surface area (Å²) in [5.41, 5.74) is 1.29. The fourth-order valence-electron chi connectivity index (χ4n) is 2.45. The zero-order valence-corrected chi connectivity index (χ0v) is 10.8. The van der Waals surface area contributed by atoms with Crippen LogP contribution >= 0.6 is 22.9 Å². The van der Waals surface area contributed by atoms with Crippen molar-refractivity contribution < 1.29 is 9.53 Å². The smallest absolute Gasteiger partial charge is 0.341 e. The van der Waals surface area contributed by atoms with Crippen molar-refractivity contribution in [1.82, 2.24) is 8.10 Å². The van der Waals surface area contributed by atoms with Gasteiger partial charge < -0.3 is 4.74 Å². The van der Waals surface area contributed by atoms with E-state index >= 15 is 0 Å². The zero-order chi connectivity index (χ0) is 11.2. The fraction of sp³-hybridized carbons (Fsp3) is 0.455. The summed E-state index contributed by atoms with van der Waals surface area (Å²) in [6.45, 7) is 1.91. The third kappa shape index (κ3) is 1.45. The maximum atomic E-state index is 11.7. The monoisotopic (exact) mass is 330 g/mol.